The average Bonchev–Trinajstić information content (AvgIpc) is 3.16. The van der Waals surface area contributed by atoms with Crippen molar-refractivity contribution in [2.75, 3.05) is 14.2 Å². The van der Waals surface area contributed by atoms with Gasteiger partial charge in [-0.1, -0.05) is 24.3 Å². The summed E-state index contributed by atoms with van der Waals surface area (Å²) in [5.74, 6) is 2.39. The van der Waals surface area contributed by atoms with Crippen LogP contribution in [0.1, 0.15) is 41.3 Å². The van der Waals surface area contributed by atoms with Gasteiger partial charge in [-0.25, -0.2) is 0 Å². The first-order valence-corrected chi connectivity index (χ1v) is 9.95. The number of hydrogen-bond acceptors (Lipinski definition) is 3. The molecule has 5 rings (SSSR count). The van der Waals surface area contributed by atoms with Gasteiger partial charge < -0.3 is 18.8 Å². The highest BCUT2D eigenvalue weighted by Gasteiger charge is 2.40. The Bertz CT molecular complexity index is 1110. The van der Waals surface area contributed by atoms with Crippen molar-refractivity contribution in [3.05, 3.63) is 82.7 Å². The van der Waals surface area contributed by atoms with Crippen molar-refractivity contribution < 1.29 is 14.2 Å². The summed E-state index contributed by atoms with van der Waals surface area (Å²) in [6, 6.07) is 14.5. The molecule has 1 atom stereocenters. The standard InChI is InChI=1S/C25H25NO3/c1-25-10-5-7-18-9-11-26(24(18)25)15-19-13-23(22(28-3)14-21(19)25)29-16-17-6-4-8-20(12-17)27-2/h4-9,11-14H,10,15-16H2,1-3H3/t25-/m1/s1. The molecule has 0 spiro atoms. The van der Waals surface area contributed by atoms with E-state index in [1.807, 2.05) is 24.3 Å². The summed E-state index contributed by atoms with van der Waals surface area (Å²) in [5.41, 5.74) is 6.37. The summed E-state index contributed by atoms with van der Waals surface area (Å²) in [7, 11) is 3.38. The van der Waals surface area contributed by atoms with E-state index >= 15 is 0 Å². The third kappa shape index (κ3) is 2.82. The first kappa shape index (κ1) is 17.9. The molecule has 0 bridgehead atoms. The van der Waals surface area contributed by atoms with Crippen molar-refractivity contribution in [2.24, 2.45) is 0 Å². The lowest BCUT2D eigenvalue weighted by Crippen LogP contribution is -2.34. The molecule has 0 saturated carbocycles. The molecule has 2 heterocycles. The molecular weight excluding hydrogens is 362 g/mol. The molecule has 0 fully saturated rings. The molecule has 0 N–H and O–H groups in total. The van der Waals surface area contributed by atoms with Crippen LogP contribution in [-0.4, -0.2) is 18.8 Å². The monoisotopic (exact) mass is 387 g/mol. The van der Waals surface area contributed by atoms with E-state index in [9.17, 15) is 0 Å². The van der Waals surface area contributed by atoms with Crippen LogP contribution in [0.3, 0.4) is 0 Å². The van der Waals surface area contributed by atoms with Gasteiger partial charge in [0.2, 0.25) is 0 Å². The maximum absolute atomic E-state index is 6.18. The zero-order valence-corrected chi connectivity index (χ0v) is 17.1. The number of allylic oxidation sites excluding steroid dienone is 1. The zero-order chi connectivity index (χ0) is 20.0. The lowest BCUT2D eigenvalue weighted by molar-refractivity contribution is 0.282. The van der Waals surface area contributed by atoms with E-state index in [-0.39, 0.29) is 5.41 Å². The highest BCUT2D eigenvalue weighted by molar-refractivity contribution is 5.64. The van der Waals surface area contributed by atoms with Crippen LogP contribution in [0.15, 0.2) is 54.7 Å². The van der Waals surface area contributed by atoms with Crippen LogP contribution < -0.4 is 14.2 Å². The van der Waals surface area contributed by atoms with Gasteiger partial charge in [0.15, 0.2) is 11.5 Å². The number of fused-ring (bicyclic) bond motifs is 2. The number of rotatable bonds is 5. The maximum atomic E-state index is 6.18. The third-order valence-corrected chi connectivity index (χ3v) is 6.19. The van der Waals surface area contributed by atoms with Gasteiger partial charge in [-0.05, 0) is 65.9 Å². The predicted octanol–water partition coefficient (Wildman–Crippen LogP) is 5.17. The molecule has 2 aromatic carbocycles. The minimum atomic E-state index is -0.0419. The summed E-state index contributed by atoms with van der Waals surface area (Å²) in [6.45, 7) is 3.65. The molecule has 2 aliphatic rings. The van der Waals surface area contributed by atoms with Crippen molar-refractivity contribution in [3.63, 3.8) is 0 Å². The number of ether oxygens (including phenoxy) is 3. The maximum Gasteiger partial charge on any atom is 0.162 e. The smallest absolute Gasteiger partial charge is 0.162 e. The fraction of sp³-hybridized carbons (Fsp3) is 0.280. The quantitative estimate of drug-likeness (QED) is 0.605. The van der Waals surface area contributed by atoms with E-state index in [0.29, 0.717) is 6.61 Å². The Labute approximate surface area is 171 Å². The highest BCUT2D eigenvalue weighted by atomic mass is 16.5. The van der Waals surface area contributed by atoms with Crippen molar-refractivity contribution in [3.8, 4) is 17.2 Å². The van der Waals surface area contributed by atoms with Crippen molar-refractivity contribution in [1.82, 2.24) is 4.57 Å². The molecule has 0 radical (unpaired) electrons. The van der Waals surface area contributed by atoms with Gasteiger partial charge in [-0.15, -0.1) is 0 Å². The number of hydrogen-bond donors (Lipinski definition) is 0. The summed E-state index contributed by atoms with van der Waals surface area (Å²) in [6.07, 6.45) is 7.70. The Kier molecular flexibility index (Phi) is 4.16. The largest absolute Gasteiger partial charge is 0.497 e. The van der Waals surface area contributed by atoms with Crippen LogP contribution in [0.2, 0.25) is 0 Å². The molecule has 1 aromatic heterocycles. The summed E-state index contributed by atoms with van der Waals surface area (Å²) in [5, 5.41) is 0. The number of nitrogens with zero attached hydrogens (tertiary/aromatic N) is 1. The number of methoxy groups -OCH3 is 2. The molecule has 0 saturated heterocycles. The summed E-state index contributed by atoms with van der Waals surface area (Å²) >= 11 is 0. The van der Waals surface area contributed by atoms with Crippen molar-refractivity contribution >= 4 is 6.08 Å². The van der Waals surface area contributed by atoms with Gasteiger partial charge in [0.25, 0.3) is 0 Å². The van der Waals surface area contributed by atoms with Crippen LogP contribution in [0.5, 0.6) is 17.2 Å². The fourth-order valence-corrected chi connectivity index (χ4v) is 4.77. The number of aromatic nitrogens is 1. The summed E-state index contributed by atoms with van der Waals surface area (Å²) < 4.78 is 19.6. The molecular formula is C25H25NO3. The highest BCUT2D eigenvalue weighted by Crippen LogP contribution is 2.48. The molecule has 0 amide bonds. The van der Waals surface area contributed by atoms with Crippen LogP contribution in [0.4, 0.5) is 0 Å². The van der Waals surface area contributed by atoms with Gasteiger partial charge in [-0.2, -0.15) is 0 Å². The van der Waals surface area contributed by atoms with E-state index in [0.717, 1.165) is 35.8 Å². The topological polar surface area (TPSA) is 32.6 Å². The molecule has 4 nitrogen and oxygen atoms in total. The molecule has 3 aromatic rings. The fourth-order valence-electron chi connectivity index (χ4n) is 4.77. The van der Waals surface area contributed by atoms with Gasteiger partial charge >= 0.3 is 0 Å². The second-order valence-electron chi connectivity index (χ2n) is 7.99. The Morgan fingerprint density at radius 2 is 1.93 bits per heavy atom. The van der Waals surface area contributed by atoms with Crippen molar-refractivity contribution in [2.45, 2.75) is 31.9 Å². The lowest BCUT2D eigenvalue weighted by Gasteiger charge is -2.39. The lowest BCUT2D eigenvalue weighted by atomic mass is 9.69. The zero-order valence-electron chi connectivity index (χ0n) is 17.1. The molecule has 148 valence electrons. The second-order valence-corrected chi connectivity index (χ2v) is 7.99. The van der Waals surface area contributed by atoms with Gasteiger partial charge in [0.05, 0.1) is 14.2 Å². The molecule has 1 aliphatic heterocycles. The Morgan fingerprint density at radius 1 is 1.03 bits per heavy atom. The van der Waals surface area contributed by atoms with Crippen LogP contribution in [0.25, 0.3) is 6.08 Å². The van der Waals surface area contributed by atoms with Gasteiger partial charge in [0, 0.05) is 23.9 Å². The molecule has 4 heteroatoms. The van der Waals surface area contributed by atoms with Crippen LogP contribution in [-0.2, 0) is 18.6 Å². The minimum absolute atomic E-state index is 0.0419. The molecule has 1 aliphatic carbocycles. The Morgan fingerprint density at radius 3 is 2.76 bits per heavy atom. The molecule has 29 heavy (non-hydrogen) atoms. The van der Waals surface area contributed by atoms with Crippen molar-refractivity contribution in [1.29, 1.82) is 0 Å². The minimum Gasteiger partial charge on any atom is -0.497 e. The first-order chi connectivity index (χ1) is 14.1. The van der Waals surface area contributed by atoms with Gasteiger partial charge in [0.1, 0.15) is 12.4 Å². The average molecular weight is 387 g/mol. The van der Waals surface area contributed by atoms with E-state index < -0.39 is 0 Å². The van der Waals surface area contributed by atoms with E-state index in [2.05, 4.69) is 48.0 Å². The molecule has 0 unspecified atom stereocenters. The van der Waals surface area contributed by atoms with E-state index in [4.69, 9.17) is 14.2 Å². The summed E-state index contributed by atoms with van der Waals surface area (Å²) in [4.78, 5) is 0. The van der Waals surface area contributed by atoms with E-state index in [1.165, 1.54) is 22.4 Å². The van der Waals surface area contributed by atoms with Crippen LogP contribution in [0, 0.1) is 0 Å². The third-order valence-electron chi connectivity index (χ3n) is 6.19. The Balaban J connectivity index is 1.51. The first-order valence-electron chi connectivity index (χ1n) is 9.95. The van der Waals surface area contributed by atoms with E-state index in [1.54, 1.807) is 14.2 Å². The second kappa shape index (κ2) is 6.73. The van der Waals surface area contributed by atoms with Gasteiger partial charge in [-0.3, -0.25) is 0 Å². The van der Waals surface area contributed by atoms with Crippen LogP contribution >= 0.6 is 0 Å². The SMILES string of the molecule is COc1cccc(COc2cc3c(cc2OC)[C@@]2(C)CC=Cc4ccn(c42)C3)c1. The number of benzene rings is 2. The Hall–Kier alpha value is -3.14. The predicted molar refractivity (Wildman–Crippen MR) is 114 cm³/mol. The normalized spacial score (nSPS) is 18.7.